The lowest BCUT2D eigenvalue weighted by molar-refractivity contribution is -0.121. The third-order valence-electron chi connectivity index (χ3n) is 4.63. The van der Waals surface area contributed by atoms with Crippen molar-refractivity contribution in [3.63, 3.8) is 0 Å². The highest BCUT2D eigenvalue weighted by molar-refractivity contribution is 6.06. The van der Waals surface area contributed by atoms with Gasteiger partial charge in [-0.1, -0.05) is 24.3 Å². The number of aryl methyl sites for hydroxylation is 1. The molecule has 0 fully saturated rings. The van der Waals surface area contributed by atoms with Gasteiger partial charge < -0.3 is 15.7 Å². The second-order valence-electron chi connectivity index (χ2n) is 6.55. The number of anilines is 1. The van der Waals surface area contributed by atoms with Gasteiger partial charge in [-0.05, 0) is 48.2 Å². The maximum atomic E-state index is 13.2. The average molecular weight is 368 g/mol. The van der Waals surface area contributed by atoms with Gasteiger partial charge in [-0.15, -0.1) is 0 Å². The van der Waals surface area contributed by atoms with Gasteiger partial charge in [-0.2, -0.15) is 0 Å². The summed E-state index contributed by atoms with van der Waals surface area (Å²) in [6.07, 6.45) is 2.10. The Morgan fingerprint density at radius 1 is 1.26 bits per heavy atom. The highest BCUT2D eigenvalue weighted by atomic mass is 19.1. The first kappa shape index (κ1) is 18.8. The van der Waals surface area contributed by atoms with E-state index in [1.807, 2.05) is 19.1 Å². The average Bonchev–Trinajstić information content (AvgIpc) is 2.64. The predicted octanol–water partition coefficient (Wildman–Crippen LogP) is 2.80. The van der Waals surface area contributed by atoms with Crippen molar-refractivity contribution in [1.29, 1.82) is 0 Å². The van der Waals surface area contributed by atoms with Crippen LogP contribution >= 0.6 is 0 Å². The summed E-state index contributed by atoms with van der Waals surface area (Å²) in [6.45, 7) is 1.95. The molecular weight excluding hydrogens is 347 g/mol. The molecule has 0 aliphatic carbocycles. The lowest BCUT2D eigenvalue weighted by Gasteiger charge is -2.24. The molecule has 140 valence electrons. The molecule has 2 aromatic rings. The van der Waals surface area contributed by atoms with Gasteiger partial charge in [0.05, 0.1) is 0 Å². The standard InChI is InChI=1S/C21H21FN2O3/c1-13-10-14(8-9-25)2-7-19(13)24-21(27)18-12-23-20(26)11-17(18)15-3-5-16(22)6-4-15/h2-7,10,12,17,25H,8-9,11H2,1H3,(H,23,26)(H,24,27)/t17-/m0/s1. The first-order valence-corrected chi connectivity index (χ1v) is 8.74. The number of carbonyl (C=O) groups excluding carboxylic acids is 2. The highest BCUT2D eigenvalue weighted by Gasteiger charge is 2.29. The predicted molar refractivity (Wildman–Crippen MR) is 101 cm³/mol. The van der Waals surface area contributed by atoms with Gasteiger partial charge in [0.15, 0.2) is 0 Å². The van der Waals surface area contributed by atoms with Crippen LogP contribution in [0.25, 0.3) is 0 Å². The van der Waals surface area contributed by atoms with E-state index < -0.39 is 5.92 Å². The van der Waals surface area contributed by atoms with Gasteiger partial charge in [0.25, 0.3) is 5.91 Å². The quantitative estimate of drug-likeness (QED) is 0.759. The Morgan fingerprint density at radius 2 is 2.00 bits per heavy atom. The molecule has 0 bridgehead atoms. The number of aliphatic hydroxyl groups excluding tert-OH is 1. The van der Waals surface area contributed by atoms with Crippen molar-refractivity contribution in [2.24, 2.45) is 0 Å². The van der Waals surface area contributed by atoms with Crippen molar-refractivity contribution in [2.75, 3.05) is 11.9 Å². The van der Waals surface area contributed by atoms with E-state index in [9.17, 15) is 14.0 Å². The maximum Gasteiger partial charge on any atom is 0.253 e. The van der Waals surface area contributed by atoms with Crippen LogP contribution in [0.4, 0.5) is 10.1 Å². The summed E-state index contributed by atoms with van der Waals surface area (Å²) in [5.41, 5.74) is 3.66. The van der Waals surface area contributed by atoms with Gasteiger partial charge in [-0.25, -0.2) is 4.39 Å². The molecule has 1 aliphatic rings. The molecule has 0 radical (unpaired) electrons. The molecule has 1 atom stereocenters. The smallest absolute Gasteiger partial charge is 0.253 e. The third kappa shape index (κ3) is 4.41. The molecule has 1 heterocycles. The first-order valence-electron chi connectivity index (χ1n) is 8.74. The lowest BCUT2D eigenvalue weighted by Crippen LogP contribution is -2.32. The second kappa shape index (κ2) is 8.14. The second-order valence-corrected chi connectivity index (χ2v) is 6.55. The molecule has 0 saturated heterocycles. The van der Waals surface area contributed by atoms with Crippen LogP contribution in [0.1, 0.15) is 29.0 Å². The zero-order valence-electron chi connectivity index (χ0n) is 15.0. The van der Waals surface area contributed by atoms with Gasteiger partial charge >= 0.3 is 0 Å². The Hall–Kier alpha value is -2.99. The van der Waals surface area contributed by atoms with E-state index in [0.717, 1.165) is 11.1 Å². The Morgan fingerprint density at radius 3 is 2.67 bits per heavy atom. The fraction of sp³-hybridized carbons (Fsp3) is 0.238. The summed E-state index contributed by atoms with van der Waals surface area (Å²) >= 11 is 0. The van der Waals surface area contributed by atoms with Crippen LogP contribution in [0.2, 0.25) is 0 Å². The van der Waals surface area contributed by atoms with Crippen LogP contribution < -0.4 is 10.6 Å². The molecule has 27 heavy (non-hydrogen) atoms. The Kier molecular flexibility index (Phi) is 5.66. The van der Waals surface area contributed by atoms with E-state index in [1.54, 1.807) is 18.2 Å². The molecule has 3 N–H and O–H groups in total. The van der Waals surface area contributed by atoms with E-state index in [2.05, 4.69) is 10.6 Å². The molecule has 0 aromatic heterocycles. The van der Waals surface area contributed by atoms with Gasteiger partial charge in [0.2, 0.25) is 5.91 Å². The molecule has 6 heteroatoms. The number of hydrogen-bond acceptors (Lipinski definition) is 3. The van der Waals surface area contributed by atoms with E-state index in [-0.39, 0.29) is 30.7 Å². The van der Waals surface area contributed by atoms with Crippen molar-refractivity contribution < 1.29 is 19.1 Å². The van der Waals surface area contributed by atoms with Gasteiger partial charge in [0.1, 0.15) is 5.82 Å². The molecule has 1 aliphatic heterocycles. The topological polar surface area (TPSA) is 78.4 Å². The van der Waals surface area contributed by atoms with Crippen molar-refractivity contribution in [2.45, 2.75) is 25.7 Å². The number of carbonyl (C=O) groups is 2. The van der Waals surface area contributed by atoms with Crippen LogP contribution in [0.5, 0.6) is 0 Å². The maximum absolute atomic E-state index is 13.2. The summed E-state index contributed by atoms with van der Waals surface area (Å²) in [6, 6.07) is 11.4. The third-order valence-corrected chi connectivity index (χ3v) is 4.63. The van der Waals surface area contributed by atoms with Crippen LogP contribution in [-0.4, -0.2) is 23.5 Å². The largest absolute Gasteiger partial charge is 0.396 e. The highest BCUT2D eigenvalue weighted by Crippen LogP contribution is 2.31. The number of rotatable bonds is 5. The Labute approximate surface area is 156 Å². The van der Waals surface area contributed by atoms with Crippen LogP contribution in [-0.2, 0) is 16.0 Å². The SMILES string of the molecule is Cc1cc(CCO)ccc1NC(=O)C1=CNC(=O)C[C@H]1c1ccc(F)cc1. The zero-order valence-corrected chi connectivity index (χ0v) is 15.0. The molecule has 2 amide bonds. The van der Waals surface area contributed by atoms with Crippen LogP contribution in [0.15, 0.2) is 54.2 Å². The van der Waals surface area contributed by atoms with Crippen molar-refractivity contribution in [3.05, 3.63) is 76.7 Å². The van der Waals surface area contributed by atoms with Crippen molar-refractivity contribution >= 4 is 17.5 Å². The molecule has 3 rings (SSSR count). The van der Waals surface area contributed by atoms with E-state index in [1.165, 1.54) is 18.3 Å². The van der Waals surface area contributed by atoms with Crippen molar-refractivity contribution in [3.8, 4) is 0 Å². The van der Waals surface area contributed by atoms with E-state index >= 15 is 0 Å². The lowest BCUT2D eigenvalue weighted by atomic mass is 9.86. The number of amides is 2. The normalized spacial score (nSPS) is 16.5. The molecule has 5 nitrogen and oxygen atoms in total. The fourth-order valence-corrected chi connectivity index (χ4v) is 3.17. The minimum absolute atomic E-state index is 0.0665. The van der Waals surface area contributed by atoms with Crippen molar-refractivity contribution in [1.82, 2.24) is 5.32 Å². The fourth-order valence-electron chi connectivity index (χ4n) is 3.17. The number of nitrogens with one attached hydrogen (secondary N) is 2. The monoisotopic (exact) mass is 368 g/mol. The number of halogens is 1. The van der Waals surface area contributed by atoms with E-state index in [0.29, 0.717) is 23.2 Å². The van der Waals surface area contributed by atoms with Crippen LogP contribution in [0, 0.1) is 12.7 Å². The Bertz CT molecular complexity index is 891. The summed E-state index contributed by atoms with van der Waals surface area (Å²) < 4.78 is 13.2. The van der Waals surface area contributed by atoms with E-state index in [4.69, 9.17) is 5.11 Å². The molecule has 0 spiro atoms. The summed E-state index contributed by atoms with van der Waals surface area (Å²) in [7, 11) is 0. The Balaban J connectivity index is 1.83. The molecule has 2 aromatic carbocycles. The van der Waals surface area contributed by atoms with Gasteiger partial charge in [-0.3, -0.25) is 9.59 Å². The number of aliphatic hydroxyl groups is 1. The molecule has 0 unspecified atom stereocenters. The minimum Gasteiger partial charge on any atom is -0.396 e. The number of hydrogen-bond donors (Lipinski definition) is 3. The summed E-state index contributed by atoms with van der Waals surface area (Å²) in [5, 5.41) is 14.5. The molecular formula is C21H21FN2O3. The van der Waals surface area contributed by atoms with Crippen LogP contribution in [0.3, 0.4) is 0 Å². The summed E-state index contributed by atoms with van der Waals surface area (Å²) in [4.78, 5) is 24.7. The van der Waals surface area contributed by atoms with Gasteiger partial charge in [0, 0.05) is 36.4 Å². The number of benzene rings is 2. The molecule has 0 saturated carbocycles. The minimum atomic E-state index is -0.437. The summed E-state index contributed by atoms with van der Waals surface area (Å²) in [5.74, 6) is -1.31. The first-order chi connectivity index (χ1) is 13.0. The zero-order chi connectivity index (χ0) is 19.4.